The van der Waals surface area contributed by atoms with Gasteiger partial charge in [0.2, 0.25) is 17.3 Å². The number of hydrogen-bond donors (Lipinski definition) is 1. The van der Waals surface area contributed by atoms with Gasteiger partial charge in [-0.3, -0.25) is 14.4 Å². The van der Waals surface area contributed by atoms with Crippen LogP contribution < -0.4 is 5.32 Å². The number of ketones is 2. The van der Waals surface area contributed by atoms with Gasteiger partial charge in [-0.25, -0.2) is 0 Å². The second-order valence-electron chi connectivity index (χ2n) is 7.24. The van der Waals surface area contributed by atoms with Crippen molar-refractivity contribution in [3.63, 3.8) is 0 Å². The Morgan fingerprint density at radius 2 is 2.00 bits per heavy atom. The molecule has 0 atom stereocenters. The third-order valence-corrected chi connectivity index (χ3v) is 6.37. The van der Waals surface area contributed by atoms with Gasteiger partial charge in [-0.1, -0.05) is 5.16 Å². The highest BCUT2D eigenvalue weighted by molar-refractivity contribution is 7.16. The number of likely N-dealkylation sites (N-methyl/N-ethyl adjacent to an activating group) is 1. The second kappa shape index (κ2) is 7.57. The highest BCUT2D eigenvalue weighted by atomic mass is 32.1. The molecular formula is C19H22N4O4S. The predicted octanol–water partition coefficient (Wildman–Crippen LogP) is 1.19. The largest absolute Gasteiger partial charge is 0.352 e. The summed E-state index contributed by atoms with van der Waals surface area (Å²) < 4.78 is 5.02. The van der Waals surface area contributed by atoms with Crippen LogP contribution >= 0.6 is 11.3 Å². The number of amides is 1. The molecule has 9 heteroatoms. The van der Waals surface area contributed by atoms with Crippen molar-refractivity contribution in [1.82, 2.24) is 20.3 Å². The van der Waals surface area contributed by atoms with Crippen molar-refractivity contribution in [3.8, 4) is 0 Å². The Bertz CT molecular complexity index is 940. The average Bonchev–Trinajstić information content (AvgIpc) is 3.29. The Labute approximate surface area is 166 Å². The average molecular weight is 402 g/mol. The van der Waals surface area contributed by atoms with Crippen LogP contribution in [0.2, 0.25) is 0 Å². The van der Waals surface area contributed by atoms with Crippen LogP contribution in [0, 0.1) is 6.92 Å². The first-order chi connectivity index (χ1) is 13.5. The van der Waals surface area contributed by atoms with Gasteiger partial charge in [0.25, 0.3) is 5.91 Å². The first-order valence-electron chi connectivity index (χ1n) is 9.34. The molecule has 0 radical (unpaired) electrons. The molecule has 4 rings (SSSR count). The summed E-state index contributed by atoms with van der Waals surface area (Å²) in [4.78, 5) is 43.0. The lowest BCUT2D eigenvalue weighted by molar-refractivity contribution is 0.0952. The summed E-state index contributed by atoms with van der Waals surface area (Å²) in [7, 11) is 2.12. The maximum Gasteiger partial charge on any atom is 0.261 e. The number of nitrogens with zero attached hydrogens (tertiary/aromatic N) is 3. The molecule has 1 saturated heterocycles. The number of carbonyl (C=O) groups is 3. The molecule has 1 amide bonds. The predicted molar refractivity (Wildman–Crippen MR) is 103 cm³/mol. The van der Waals surface area contributed by atoms with E-state index in [1.807, 2.05) is 0 Å². The molecule has 28 heavy (non-hydrogen) atoms. The number of rotatable bonds is 5. The van der Waals surface area contributed by atoms with E-state index in [0.717, 1.165) is 50.5 Å². The van der Waals surface area contributed by atoms with Crippen LogP contribution in [-0.2, 0) is 0 Å². The number of hydrogen-bond acceptors (Lipinski definition) is 8. The summed E-state index contributed by atoms with van der Waals surface area (Å²) >= 11 is 1.05. The molecule has 0 saturated carbocycles. The van der Waals surface area contributed by atoms with E-state index in [-0.39, 0.29) is 33.5 Å². The van der Waals surface area contributed by atoms with E-state index >= 15 is 0 Å². The van der Waals surface area contributed by atoms with E-state index in [2.05, 4.69) is 27.3 Å². The number of carbonyl (C=O) groups excluding carboxylic acids is 3. The zero-order chi connectivity index (χ0) is 19.8. The Hall–Kier alpha value is -2.36. The highest BCUT2D eigenvalue weighted by Crippen LogP contribution is 2.34. The monoisotopic (exact) mass is 402 g/mol. The number of piperazine rings is 1. The Balaban J connectivity index is 1.36. The zero-order valence-electron chi connectivity index (χ0n) is 15.9. The molecule has 8 nitrogen and oxygen atoms in total. The van der Waals surface area contributed by atoms with Gasteiger partial charge in [-0.2, -0.15) is 0 Å². The van der Waals surface area contributed by atoms with Gasteiger partial charge in [0.1, 0.15) is 0 Å². The highest BCUT2D eigenvalue weighted by Gasteiger charge is 2.38. The molecule has 148 valence electrons. The minimum atomic E-state index is -0.393. The van der Waals surface area contributed by atoms with Gasteiger partial charge in [-0.15, -0.1) is 11.3 Å². The van der Waals surface area contributed by atoms with Gasteiger partial charge in [0, 0.05) is 38.3 Å². The number of aromatic nitrogens is 1. The molecular weight excluding hydrogens is 380 g/mol. The fraction of sp³-hybridized carbons (Fsp3) is 0.474. The summed E-state index contributed by atoms with van der Waals surface area (Å²) in [5, 5.41) is 6.60. The lowest BCUT2D eigenvalue weighted by Gasteiger charge is -2.32. The number of nitrogens with one attached hydrogen (secondary N) is 1. The lowest BCUT2D eigenvalue weighted by Crippen LogP contribution is -2.45. The van der Waals surface area contributed by atoms with Gasteiger partial charge in [0.15, 0.2) is 0 Å². The molecule has 1 fully saturated rings. The van der Waals surface area contributed by atoms with Crippen LogP contribution in [0.5, 0.6) is 0 Å². The van der Waals surface area contributed by atoms with Crippen molar-refractivity contribution >= 4 is 28.8 Å². The van der Waals surface area contributed by atoms with Gasteiger partial charge in [0.05, 0.1) is 21.0 Å². The SMILES string of the molecule is Cc1noc2c1C(=O)c1sc(C(=O)NCCCN3CCN(C)CC3)cc1C2=O. The van der Waals surface area contributed by atoms with E-state index < -0.39 is 5.78 Å². The van der Waals surface area contributed by atoms with Crippen molar-refractivity contribution in [1.29, 1.82) is 0 Å². The molecule has 2 aromatic heterocycles. The third-order valence-electron chi connectivity index (χ3n) is 5.24. The molecule has 0 bridgehead atoms. The normalized spacial score (nSPS) is 17.5. The summed E-state index contributed by atoms with van der Waals surface area (Å²) in [5.41, 5.74) is 0.821. The summed E-state index contributed by atoms with van der Waals surface area (Å²) in [6, 6.07) is 1.48. The summed E-state index contributed by atoms with van der Waals surface area (Å²) in [6.07, 6.45) is 0.859. The maximum absolute atomic E-state index is 12.6. The van der Waals surface area contributed by atoms with Crippen molar-refractivity contribution in [3.05, 3.63) is 38.4 Å². The van der Waals surface area contributed by atoms with Crippen molar-refractivity contribution < 1.29 is 18.9 Å². The quantitative estimate of drug-likeness (QED) is 0.641. The first kappa shape index (κ1) is 19.0. The van der Waals surface area contributed by atoms with E-state index in [1.54, 1.807) is 6.92 Å². The number of aryl methyl sites for hydroxylation is 1. The van der Waals surface area contributed by atoms with Gasteiger partial charge in [-0.05, 0) is 33.0 Å². The van der Waals surface area contributed by atoms with Crippen LogP contribution in [0.25, 0.3) is 0 Å². The molecule has 2 aliphatic rings. The fourth-order valence-electron chi connectivity index (χ4n) is 3.53. The molecule has 1 aliphatic heterocycles. The third kappa shape index (κ3) is 3.41. The topological polar surface area (TPSA) is 95.8 Å². The van der Waals surface area contributed by atoms with E-state index in [0.29, 0.717) is 17.1 Å². The molecule has 0 aromatic carbocycles. The van der Waals surface area contributed by atoms with E-state index in [1.165, 1.54) is 6.07 Å². The van der Waals surface area contributed by atoms with Gasteiger partial charge < -0.3 is 19.6 Å². The number of thiophene rings is 1. The molecule has 2 aromatic rings. The molecule has 1 aliphatic carbocycles. The Morgan fingerprint density at radius 1 is 1.25 bits per heavy atom. The van der Waals surface area contributed by atoms with E-state index in [4.69, 9.17) is 4.52 Å². The molecule has 0 spiro atoms. The van der Waals surface area contributed by atoms with Crippen molar-refractivity contribution in [2.45, 2.75) is 13.3 Å². The summed E-state index contributed by atoms with van der Waals surface area (Å²) in [5.74, 6) is -0.991. The zero-order valence-corrected chi connectivity index (χ0v) is 16.7. The Kier molecular flexibility index (Phi) is 5.13. The van der Waals surface area contributed by atoms with Crippen molar-refractivity contribution in [2.75, 3.05) is 46.3 Å². The summed E-state index contributed by atoms with van der Waals surface area (Å²) in [6.45, 7) is 7.36. The van der Waals surface area contributed by atoms with E-state index in [9.17, 15) is 14.4 Å². The lowest BCUT2D eigenvalue weighted by atomic mass is 9.93. The first-order valence-corrected chi connectivity index (χ1v) is 10.2. The van der Waals surface area contributed by atoms with Crippen LogP contribution in [-0.4, -0.2) is 78.7 Å². The Morgan fingerprint density at radius 3 is 2.75 bits per heavy atom. The fourth-order valence-corrected chi connectivity index (χ4v) is 4.55. The molecule has 1 N–H and O–H groups in total. The minimum absolute atomic E-state index is 0.0352. The van der Waals surface area contributed by atoms with Crippen molar-refractivity contribution in [2.24, 2.45) is 0 Å². The second-order valence-corrected chi connectivity index (χ2v) is 8.29. The van der Waals surface area contributed by atoms with Crippen LogP contribution in [0.4, 0.5) is 0 Å². The molecule has 0 unspecified atom stereocenters. The van der Waals surface area contributed by atoms with Crippen LogP contribution in [0.3, 0.4) is 0 Å². The van der Waals surface area contributed by atoms with Gasteiger partial charge >= 0.3 is 0 Å². The smallest absolute Gasteiger partial charge is 0.261 e. The maximum atomic E-state index is 12.6. The number of fused-ring (bicyclic) bond motifs is 2. The van der Waals surface area contributed by atoms with Crippen LogP contribution in [0.1, 0.15) is 53.1 Å². The van der Waals surface area contributed by atoms with Crippen LogP contribution in [0.15, 0.2) is 10.6 Å². The molecule has 3 heterocycles. The minimum Gasteiger partial charge on any atom is -0.352 e. The standard InChI is InChI=1S/C19H22N4O4S/c1-11-14-16(25)18-12(15(24)17(14)27-21-11)10-13(28-18)19(26)20-4-3-5-23-8-6-22(2)7-9-23/h10H,3-9H2,1-2H3,(H,20,26).